The number of hydrogen-bond donors (Lipinski definition) is 2. The highest BCUT2D eigenvalue weighted by Gasteiger charge is 2.13. The van der Waals surface area contributed by atoms with Gasteiger partial charge in [-0.05, 0) is 12.1 Å². The van der Waals surface area contributed by atoms with Gasteiger partial charge in [-0.3, -0.25) is 9.59 Å². The minimum atomic E-state index is -0.436. The summed E-state index contributed by atoms with van der Waals surface area (Å²) in [6.07, 6.45) is 0. The summed E-state index contributed by atoms with van der Waals surface area (Å²) < 4.78 is 0. The SMILES string of the molecule is O=C(NCCCl)c1cc(Cl)cc(C(=O)NCCCl)n1. The summed E-state index contributed by atoms with van der Waals surface area (Å²) in [5.74, 6) is -0.297. The van der Waals surface area contributed by atoms with E-state index in [4.69, 9.17) is 34.8 Å². The molecule has 2 amide bonds. The van der Waals surface area contributed by atoms with Gasteiger partial charge in [-0.2, -0.15) is 0 Å². The highest BCUT2D eigenvalue weighted by Crippen LogP contribution is 2.12. The zero-order chi connectivity index (χ0) is 14.3. The quantitative estimate of drug-likeness (QED) is 0.782. The van der Waals surface area contributed by atoms with Gasteiger partial charge < -0.3 is 10.6 Å². The molecule has 0 radical (unpaired) electrons. The minimum Gasteiger partial charge on any atom is -0.350 e. The Hall–Kier alpha value is -1.04. The molecule has 0 bridgehead atoms. The second kappa shape index (κ2) is 8.19. The molecule has 2 N–H and O–H groups in total. The van der Waals surface area contributed by atoms with Crippen molar-refractivity contribution in [1.82, 2.24) is 15.6 Å². The average Bonchev–Trinajstić information content (AvgIpc) is 2.41. The van der Waals surface area contributed by atoms with E-state index in [9.17, 15) is 9.59 Å². The van der Waals surface area contributed by atoms with Crippen LogP contribution < -0.4 is 10.6 Å². The first kappa shape index (κ1) is 16.0. The zero-order valence-electron chi connectivity index (χ0n) is 9.88. The number of amides is 2. The molecule has 1 rings (SSSR count). The van der Waals surface area contributed by atoms with Crippen molar-refractivity contribution in [2.45, 2.75) is 0 Å². The molecule has 0 unspecified atom stereocenters. The fraction of sp³-hybridized carbons (Fsp3) is 0.364. The van der Waals surface area contributed by atoms with Gasteiger partial charge in [-0.25, -0.2) is 4.98 Å². The number of alkyl halides is 2. The van der Waals surface area contributed by atoms with Gasteiger partial charge in [0.2, 0.25) is 0 Å². The van der Waals surface area contributed by atoms with Crippen LogP contribution in [0.4, 0.5) is 0 Å². The van der Waals surface area contributed by atoms with Gasteiger partial charge in [-0.1, -0.05) is 11.6 Å². The number of nitrogens with one attached hydrogen (secondary N) is 2. The smallest absolute Gasteiger partial charge is 0.269 e. The molecule has 0 saturated heterocycles. The Morgan fingerprint density at radius 1 is 1.00 bits per heavy atom. The highest BCUT2D eigenvalue weighted by molar-refractivity contribution is 6.31. The van der Waals surface area contributed by atoms with Crippen molar-refractivity contribution in [3.05, 3.63) is 28.5 Å². The Morgan fingerprint density at radius 3 is 1.79 bits per heavy atom. The molecule has 0 aliphatic carbocycles. The highest BCUT2D eigenvalue weighted by atomic mass is 35.5. The van der Waals surface area contributed by atoms with Gasteiger partial charge in [-0.15, -0.1) is 23.2 Å². The van der Waals surface area contributed by atoms with Crippen LogP contribution in [0.25, 0.3) is 0 Å². The third-order valence-corrected chi connectivity index (χ3v) is 2.61. The first-order valence-corrected chi connectivity index (χ1v) is 6.89. The molecule has 1 aromatic rings. The minimum absolute atomic E-state index is 0.0636. The van der Waals surface area contributed by atoms with E-state index in [2.05, 4.69) is 15.6 Å². The molecule has 0 spiro atoms. The van der Waals surface area contributed by atoms with E-state index < -0.39 is 11.8 Å². The van der Waals surface area contributed by atoms with Gasteiger partial charge in [0.05, 0.1) is 0 Å². The number of pyridine rings is 1. The largest absolute Gasteiger partial charge is 0.350 e. The van der Waals surface area contributed by atoms with Crippen LogP contribution in [0, 0.1) is 0 Å². The molecule has 8 heteroatoms. The lowest BCUT2D eigenvalue weighted by Gasteiger charge is -2.06. The van der Waals surface area contributed by atoms with E-state index in [0.717, 1.165) is 0 Å². The van der Waals surface area contributed by atoms with E-state index in [1.807, 2.05) is 0 Å². The fourth-order valence-corrected chi connectivity index (χ4v) is 1.63. The lowest BCUT2D eigenvalue weighted by atomic mass is 10.2. The van der Waals surface area contributed by atoms with Crippen molar-refractivity contribution in [1.29, 1.82) is 0 Å². The Balaban J connectivity index is 2.87. The number of hydrogen-bond acceptors (Lipinski definition) is 3. The summed E-state index contributed by atoms with van der Waals surface area (Å²) >= 11 is 16.8. The van der Waals surface area contributed by atoms with Gasteiger partial charge in [0.25, 0.3) is 11.8 Å². The molecule has 0 atom stereocenters. The van der Waals surface area contributed by atoms with Crippen LogP contribution in [0.15, 0.2) is 12.1 Å². The van der Waals surface area contributed by atoms with Crippen LogP contribution >= 0.6 is 34.8 Å². The standard InChI is InChI=1S/C11H12Cl3N3O2/c12-1-3-15-10(18)8-5-7(14)6-9(17-8)11(19)16-4-2-13/h5-6H,1-4H2,(H,15,18)(H,16,19). The third-order valence-electron chi connectivity index (χ3n) is 2.02. The number of nitrogens with zero attached hydrogens (tertiary/aromatic N) is 1. The zero-order valence-corrected chi connectivity index (χ0v) is 12.1. The summed E-state index contributed by atoms with van der Waals surface area (Å²) in [6, 6.07) is 2.76. The predicted molar refractivity (Wildman–Crippen MR) is 75.4 cm³/mol. The molecule has 1 aromatic heterocycles. The van der Waals surface area contributed by atoms with Crippen LogP contribution in [-0.2, 0) is 0 Å². The number of aromatic nitrogens is 1. The Kier molecular flexibility index (Phi) is 6.91. The van der Waals surface area contributed by atoms with E-state index in [0.29, 0.717) is 13.1 Å². The van der Waals surface area contributed by atoms with Gasteiger partial charge >= 0.3 is 0 Å². The molecule has 0 aliphatic rings. The number of halogens is 3. The summed E-state index contributed by atoms with van der Waals surface area (Å²) in [6.45, 7) is 0.616. The maximum Gasteiger partial charge on any atom is 0.269 e. The first-order valence-electron chi connectivity index (χ1n) is 5.44. The lowest BCUT2D eigenvalue weighted by Crippen LogP contribution is -2.29. The van der Waals surface area contributed by atoms with Gasteiger partial charge in [0.15, 0.2) is 0 Å². The monoisotopic (exact) mass is 323 g/mol. The second-order valence-electron chi connectivity index (χ2n) is 3.45. The van der Waals surface area contributed by atoms with Crippen molar-refractivity contribution in [3.8, 4) is 0 Å². The van der Waals surface area contributed by atoms with Crippen molar-refractivity contribution >= 4 is 46.6 Å². The van der Waals surface area contributed by atoms with Crippen LogP contribution in [0.2, 0.25) is 5.02 Å². The summed E-state index contributed by atoms with van der Waals surface area (Å²) in [4.78, 5) is 27.3. The molecular weight excluding hydrogens is 312 g/mol. The van der Waals surface area contributed by atoms with Crippen LogP contribution in [0.1, 0.15) is 21.0 Å². The molecular formula is C11H12Cl3N3O2. The maximum absolute atomic E-state index is 11.7. The molecule has 0 fully saturated rings. The summed E-state index contributed by atoms with van der Waals surface area (Å²) in [5.41, 5.74) is 0.127. The molecule has 104 valence electrons. The molecule has 19 heavy (non-hydrogen) atoms. The van der Waals surface area contributed by atoms with Crippen LogP contribution in [0.3, 0.4) is 0 Å². The van der Waals surface area contributed by atoms with Crippen LogP contribution in [-0.4, -0.2) is 41.6 Å². The van der Waals surface area contributed by atoms with Gasteiger partial charge in [0, 0.05) is 29.9 Å². The number of carbonyl (C=O) groups excluding carboxylic acids is 2. The Morgan fingerprint density at radius 2 is 1.42 bits per heavy atom. The van der Waals surface area contributed by atoms with Gasteiger partial charge in [0.1, 0.15) is 11.4 Å². The Bertz CT molecular complexity index is 430. The first-order chi connectivity index (χ1) is 9.08. The van der Waals surface area contributed by atoms with Crippen molar-refractivity contribution in [2.24, 2.45) is 0 Å². The molecule has 1 heterocycles. The molecule has 0 aliphatic heterocycles. The van der Waals surface area contributed by atoms with E-state index in [1.54, 1.807) is 0 Å². The normalized spacial score (nSPS) is 10.1. The summed E-state index contributed by atoms with van der Waals surface area (Å²) in [5, 5.41) is 5.33. The van der Waals surface area contributed by atoms with Crippen LogP contribution in [0.5, 0.6) is 0 Å². The van der Waals surface area contributed by atoms with Crippen molar-refractivity contribution in [2.75, 3.05) is 24.8 Å². The van der Waals surface area contributed by atoms with E-state index >= 15 is 0 Å². The van der Waals surface area contributed by atoms with Crippen molar-refractivity contribution in [3.63, 3.8) is 0 Å². The number of rotatable bonds is 6. The van der Waals surface area contributed by atoms with E-state index in [-0.39, 0.29) is 28.2 Å². The maximum atomic E-state index is 11.7. The Labute approximate surface area is 125 Å². The fourth-order valence-electron chi connectivity index (χ4n) is 1.23. The predicted octanol–water partition coefficient (Wildman–Crippen LogP) is 1.67. The average molecular weight is 325 g/mol. The third kappa shape index (κ3) is 5.22. The molecule has 0 aromatic carbocycles. The lowest BCUT2D eigenvalue weighted by molar-refractivity contribution is 0.0947. The molecule has 5 nitrogen and oxygen atoms in total. The summed E-state index contributed by atoms with van der Waals surface area (Å²) in [7, 11) is 0. The number of carbonyl (C=O) groups is 2. The second-order valence-corrected chi connectivity index (χ2v) is 4.64. The van der Waals surface area contributed by atoms with E-state index in [1.165, 1.54) is 12.1 Å². The molecule has 0 saturated carbocycles. The van der Waals surface area contributed by atoms with Crippen molar-refractivity contribution < 1.29 is 9.59 Å². The topological polar surface area (TPSA) is 71.1 Å².